The van der Waals surface area contributed by atoms with Gasteiger partial charge in [-0.2, -0.15) is 0 Å². The predicted molar refractivity (Wildman–Crippen MR) is 81.8 cm³/mol. The van der Waals surface area contributed by atoms with Crippen LogP contribution in [-0.4, -0.2) is 6.04 Å². The molecule has 0 unspecified atom stereocenters. The summed E-state index contributed by atoms with van der Waals surface area (Å²) in [5.74, 6) is 0.990. The first-order valence-electron chi connectivity index (χ1n) is 7.31. The maximum absolute atomic E-state index is 6.02. The minimum atomic E-state index is 0.632. The lowest BCUT2D eigenvalue weighted by molar-refractivity contribution is 0.301. The van der Waals surface area contributed by atoms with Gasteiger partial charge in [0.1, 0.15) is 12.4 Å². The Kier molecular flexibility index (Phi) is 4.03. The molecular formula is C18H21NO. The number of aryl methyl sites for hydroxylation is 1. The quantitative estimate of drug-likeness (QED) is 0.859. The predicted octanol–water partition coefficient (Wildman–Crippen LogP) is 3.83. The zero-order valence-corrected chi connectivity index (χ0v) is 11.9. The molecule has 0 aliphatic heterocycles. The molecule has 0 heterocycles. The molecule has 0 bridgehead atoms. The summed E-state index contributed by atoms with van der Waals surface area (Å²) in [5, 5.41) is 3.54. The molecule has 0 amide bonds. The van der Waals surface area contributed by atoms with E-state index in [1.165, 1.54) is 29.5 Å². The van der Waals surface area contributed by atoms with Gasteiger partial charge in [-0.3, -0.25) is 0 Å². The van der Waals surface area contributed by atoms with E-state index in [0.717, 1.165) is 18.3 Å². The summed E-state index contributed by atoms with van der Waals surface area (Å²) in [6.07, 6.45) is 2.62. The van der Waals surface area contributed by atoms with Gasteiger partial charge in [-0.1, -0.05) is 42.5 Å². The molecule has 1 N–H and O–H groups in total. The van der Waals surface area contributed by atoms with Crippen molar-refractivity contribution in [2.75, 3.05) is 0 Å². The second-order valence-electron chi connectivity index (χ2n) is 5.48. The maximum Gasteiger partial charge on any atom is 0.124 e. The van der Waals surface area contributed by atoms with Gasteiger partial charge in [-0.05, 0) is 37.0 Å². The molecule has 1 aliphatic carbocycles. The van der Waals surface area contributed by atoms with Gasteiger partial charge in [0.05, 0.1) is 0 Å². The van der Waals surface area contributed by atoms with Gasteiger partial charge in [0, 0.05) is 18.2 Å². The van der Waals surface area contributed by atoms with E-state index in [4.69, 9.17) is 4.74 Å². The molecule has 0 spiro atoms. The molecule has 20 heavy (non-hydrogen) atoms. The molecule has 0 aromatic heterocycles. The standard InChI is InChI=1S/C18H21NO/c1-14-6-2-3-8-16(14)13-20-18-9-5-4-7-15(18)12-19-17-10-11-17/h2-9,17,19H,10-13H2,1H3. The molecule has 1 aliphatic rings. The summed E-state index contributed by atoms with van der Waals surface area (Å²) in [4.78, 5) is 0. The van der Waals surface area contributed by atoms with Gasteiger partial charge in [0.2, 0.25) is 0 Å². The monoisotopic (exact) mass is 267 g/mol. The average molecular weight is 267 g/mol. The van der Waals surface area contributed by atoms with E-state index in [9.17, 15) is 0 Å². The van der Waals surface area contributed by atoms with E-state index in [1.54, 1.807) is 0 Å². The SMILES string of the molecule is Cc1ccccc1COc1ccccc1CNC1CC1. The van der Waals surface area contributed by atoms with E-state index < -0.39 is 0 Å². The minimum absolute atomic E-state index is 0.632. The third-order valence-electron chi connectivity index (χ3n) is 3.78. The summed E-state index contributed by atoms with van der Waals surface area (Å²) >= 11 is 0. The summed E-state index contributed by atoms with van der Waals surface area (Å²) in [7, 11) is 0. The molecule has 0 radical (unpaired) electrons. The topological polar surface area (TPSA) is 21.3 Å². The van der Waals surface area contributed by atoms with Crippen LogP contribution in [0, 0.1) is 6.92 Å². The number of para-hydroxylation sites is 1. The minimum Gasteiger partial charge on any atom is -0.489 e. The molecule has 3 rings (SSSR count). The third-order valence-corrected chi connectivity index (χ3v) is 3.78. The molecule has 1 fully saturated rings. The second-order valence-corrected chi connectivity index (χ2v) is 5.48. The number of hydrogen-bond acceptors (Lipinski definition) is 2. The maximum atomic E-state index is 6.02. The fraction of sp³-hybridized carbons (Fsp3) is 0.333. The lowest BCUT2D eigenvalue weighted by Gasteiger charge is -2.13. The Hall–Kier alpha value is -1.80. The summed E-state index contributed by atoms with van der Waals surface area (Å²) in [5.41, 5.74) is 3.77. The lowest BCUT2D eigenvalue weighted by atomic mass is 10.1. The van der Waals surface area contributed by atoms with Crippen LogP contribution < -0.4 is 10.1 Å². The first-order chi connectivity index (χ1) is 9.83. The number of ether oxygens (including phenoxy) is 1. The molecular weight excluding hydrogens is 246 g/mol. The van der Waals surface area contributed by atoms with Crippen molar-refractivity contribution >= 4 is 0 Å². The Labute approximate surface area is 120 Å². The molecule has 1 saturated carbocycles. The van der Waals surface area contributed by atoms with Crippen molar-refractivity contribution < 1.29 is 4.74 Å². The third kappa shape index (κ3) is 3.40. The Bertz CT molecular complexity index is 575. The highest BCUT2D eigenvalue weighted by atomic mass is 16.5. The van der Waals surface area contributed by atoms with Crippen molar-refractivity contribution in [3.63, 3.8) is 0 Å². The van der Waals surface area contributed by atoms with Crippen molar-refractivity contribution in [2.24, 2.45) is 0 Å². The van der Waals surface area contributed by atoms with Crippen LogP contribution in [0.5, 0.6) is 5.75 Å². The number of hydrogen-bond donors (Lipinski definition) is 1. The molecule has 0 atom stereocenters. The van der Waals surface area contributed by atoms with Gasteiger partial charge in [0.25, 0.3) is 0 Å². The molecule has 2 aromatic rings. The number of benzene rings is 2. The fourth-order valence-electron chi connectivity index (χ4n) is 2.26. The van der Waals surface area contributed by atoms with Crippen LogP contribution >= 0.6 is 0 Å². The van der Waals surface area contributed by atoms with Crippen LogP contribution in [0.1, 0.15) is 29.5 Å². The van der Waals surface area contributed by atoms with Gasteiger partial charge in [0.15, 0.2) is 0 Å². The van der Waals surface area contributed by atoms with Crippen LogP contribution in [0.25, 0.3) is 0 Å². The van der Waals surface area contributed by atoms with Crippen LogP contribution in [0.4, 0.5) is 0 Å². The lowest BCUT2D eigenvalue weighted by Crippen LogP contribution is -2.16. The zero-order valence-electron chi connectivity index (χ0n) is 11.9. The fourth-order valence-corrected chi connectivity index (χ4v) is 2.26. The van der Waals surface area contributed by atoms with Gasteiger partial charge in [-0.15, -0.1) is 0 Å². The van der Waals surface area contributed by atoms with E-state index in [0.29, 0.717) is 6.61 Å². The first kappa shape index (κ1) is 13.2. The summed E-state index contributed by atoms with van der Waals surface area (Å²) in [6.45, 7) is 3.65. The van der Waals surface area contributed by atoms with E-state index >= 15 is 0 Å². The number of rotatable bonds is 6. The highest BCUT2D eigenvalue weighted by Crippen LogP contribution is 2.23. The molecule has 0 saturated heterocycles. The van der Waals surface area contributed by atoms with Crippen LogP contribution in [0.15, 0.2) is 48.5 Å². The van der Waals surface area contributed by atoms with Gasteiger partial charge in [-0.25, -0.2) is 0 Å². The van der Waals surface area contributed by atoms with Crippen LogP contribution in [0.3, 0.4) is 0 Å². The van der Waals surface area contributed by atoms with E-state index in [1.807, 2.05) is 6.07 Å². The first-order valence-corrected chi connectivity index (χ1v) is 7.31. The van der Waals surface area contributed by atoms with E-state index in [-0.39, 0.29) is 0 Å². The Balaban J connectivity index is 1.65. The average Bonchev–Trinajstić information content (AvgIpc) is 3.29. The number of nitrogens with one attached hydrogen (secondary N) is 1. The summed E-state index contributed by atoms with van der Waals surface area (Å²) in [6, 6.07) is 17.4. The highest BCUT2D eigenvalue weighted by Gasteiger charge is 2.20. The molecule has 2 heteroatoms. The normalized spacial score (nSPS) is 14.2. The van der Waals surface area contributed by atoms with Crippen molar-refractivity contribution in [2.45, 2.75) is 39.0 Å². The zero-order chi connectivity index (χ0) is 13.8. The molecule has 2 aromatic carbocycles. The Morgan fingerprint density at radius 3 is 2.45 bits per heavy atom. The highest BCUT2D eigenvalue weighted by molar-refractivity contribution is 5.34. The molecule has 2 nitrogen and oxygen atoms in total. The smallest absolute Gasteiger partial charge is 0.124 e. The van der Waals surface area contributed by atoms with Crippen molar-refractivity contribution in [3.05, 3.63) is 65.2 Å². The van der Waals surface area contributed by atoms with Crippen LogP contribution in [0.2, 0.25) is 0 Å². The Morgan fingerprint density at radius 2 is 1.70 bits per heavy atom. The summed E-state index contributed by atoms with van der Waals surface area (Å²) < 4.78 is 6.02. The largest absolute Gasteiger partial charge is 0.489 e. The second kappa shape index (κ2) is 6.10. The van der Waals surface area contributed by atoms with Gasteiger partial charge >= 0.3 is 0 Å². The van der Waals surface area contributed by atoms with E-state index in [2.05, 4.69) is 54.7 Å². The van der Waals surface area contributed by atoms with Crippen molar-refractivity contribution in [1.82, 2.24) is 5.32 Å². The van der Waals surface area contributed by atoms with Crippen molar-refractivity contribution in [1.29, 1.82) is 0 Å². The molecule has 104 valence electrons. The Morgan fingerprint density at radius 1 is 1.00 bits per heavy atom. The van der Waals surface area contributed by atoms with Gasteiger partial charge < -0.3 is 10.1 Å². The van der Waals surface area contributed by atoms with Crippen LogP contribution in [-0.2, 0) is 13.2 Å². The van der Waals surface area contributed by atoms with Crippen molar-refractivity contribution in [3.8, 4) is 5.75 Å².